The van der Waals surface area contributed by atoms with Crippen molar-refractivity contribution in [3.63, 3.8) is 0 Å². The van der Waals surface area contributed by atoms with Gasteiger partial charge in [0, 0.05) is 18.1 Å². The fourth-order valence-electron chi connectivity index (χ4n) is 0.863. The number of rotatable bonds is 2. The van der Waals surface area contributed by atoms with Crippen LogP contribution in [0.5, 0.6) is 0 Å². The molecule has 0 aromatic carbocycles. The van der Waals surface area contributed by atoms with Gasteiger partial charge in [0.25, 0.3) is 0 Å². The molecule has 1 aromatic rings. The Morgan fingerprint density at radius 2 is 2.30 bits per heavy atom. The number of aryl methyl sites for hydroxylation is 1. The lowest BCUT2D eigenvalue weighted by molar-refractivity contribution is 1.21. The molecule has 0 unspecified atom stereocenters. The van der Waals surface area contributed by atoms with E-state index in [-0.39, 0.29) is 0 Å². The molecule has 0 atom stereocenters. The number of nitrogens with zero attached hydrogens (tertiary/aromatic N) is 1. The molecule has 0 fully saturated rings. The highest BCUT2D eigenvalue weighted by atomic mass is 32.2. The summed E-state index contributed by atoms with van der Waals surface area (Å²) >= 11 is 1.82. The van der Waals surface area contributed by atoms with E-state index in [1.165, 1.54) is 11.1 Å². The van der Waals surface area contributed by atoms with Crippen molar-refractivity contribution in [1.29, 1.82) is 0 Å². The van der Waals surface area contributed by atoms with Crippen LogP contribution in [-0.2, 0) is 5.75 Å². The number of pyridine rings is 1. The van der Waals surface area contributed by atoms with Crippen molar-refractivity contribution in [1.82, 2.24) is 4.98 Å². The van der Waals surface area contributed by atoms with Crippen LogP contribution in [0.1, 0.15) is 11.1 Å². The van der Waals surface area contributed by atoms with Crippen molar-refractivity contribution >= 4 is 11.8 Å². The first-order chi connectivity index (χ1) is 4.83. The van der Waals surface area contributed by atoms with Crippen molar-refractivity contribution in [2.24, 2.45) is 0 Å². The van der Waals surface area contributed by atoms with Gasteiger partial charge >= 0.3 is 0 Å². The van der Waals surface area contributed by atoms with Crippen molar-refractivity contribution in [2.75, 3.05) is 6.26 Å². The van der Waals surface area contributed by atoms with Gasteiger partial charge in [0.15, 0.2) is 0 Å². The minimum atomic E-state index is 1.06. The molecule has 0 amide bonds. The molecule has 0 aliphatic heterocycles. The summed E-state index contributed by atoms with van der Waals surface area (Å²) in [6.07, 6.45) is 5.90. The number of aromatic nitrogens is 1. The summed E-state index contributed by atoms with van der Waals surface area (Å²) < 4.78 is 0. The highest BCUT2D eigenvalue weighted by Gasteiger charge is 1.90. The maximum Gasteiger partial charge on any atom is 0.0308 e. The van der Waals surface area contributed by atoms with E-state index in [9.17, 15) is 0 Å². The van der Waals surface area contributed by atoms with E-state index in [2.05, 4.69) is 24.2 Å². The van der Waals surface area contributed by atoms with Gasteiger partial charge in [0.2, 0.25) is 0 Å². The molecule has 0 aliphatic rings. The largest absolute Gasteiger partial charge is 0.264 e. The Bertz CT molecular complexity index is 210. The summed E-state index contributed by atoms with van der Waals surface area (Å²) in [5.74, 6) is 1.06. The number of thioether (sulfide) groups is 1. The van der Waals surface area contributed by atoms with E-state index in [4.69, 9.17) is 0 Å². The summed E-state index contributed by atoms with van der Waals surface area (Å²) in [7, 11) is 0. The van der Waals surface area contributed by atoms with Crippen LogP contribution in [0, 0.1) is 6.92 Å². The Hall–Kier alpha value is -0.500. The summed E-state index contributed by atoms with van der Waals surface area (Å²) in [5, 5.41) is 0. The predicted molar refractivity (Wildman–Crippen MR) is 46.2 cm³/mol. The molecule has 0 bridgehead atoms. The first-order valence-corrected chi connectivity index (χ1v) is 4.62. The van der Waals surface area contributed by atoms with Crippen LogP contribution in [0.15, 0.2) is 18.5 Å². The van der Waals surface area contributed by atoms with E-state index >= 15 is 0 Å². The Morgan fingerprint density at radius 3 is 2.90 bits per heavy atom. The molecule has 1 heterocycles. The van der Waals surface area contributed by atoms with E-state index < -0.39 is 0 Å². The molecule has 0 aliphatic carbocycles. The van der Waals surface area contributed by atoms with Gasteiger partial charge in [-0.05, 0) is 24.3 Å². The molecule has 1 nitrogen and oxygen atoms in total. The molecule has 0 saturated carbocycles. The molecule has 0 radical (unpaired) electrons. The van der Waals surface area contributed by atoms with Gasteiger partial charge in [0.05, 0.1) is 0 Å². The lowest BCUT2D eigenvalue weighted by atomic mass is 10.2. The molecule has 0 saturated heterocycles. The highest BCUT2D eigenvalue weighted by molar-refractivity contribution is 7.97. The molecular formula is C8H11NS. The smallest absolute Gasteiger partial charge is 0.0308 e. The normalized spacial score (nSPS) is 9.80. The molecule has 1 aromatic heterocycles. The molecule has 2 heteroatoms. The Balaban J connectivity index is 2.75. The third-order valence-corrected chi connectivity index (χ3v) is 1.86. The molecular weight excluding hydrogens is 142 g/mol. The fourth-order valence-corrected chi connectivity index (χ4v) is 1.35. The van der Waals surface area contributed by atoms with Gasteiger partial charge in [-0.1, -0.05) is 6.07 Å². The topological polar surface area (TPSA) is 12.9 Å². The summed E-state index contributed by atoms with van der Waals surface area (Å²) in [6, 6.07) is 2.17. The molecule has 54 valence electrons. The Morgan fingerprint density at radius 1 is 1.50 bits per heavy atom. The predicted octanol–water partition coefficient (Wildman–Crippen LogP) is 2.25. The van der Waals surface area contributed by atoms with Crippen LogP contribution in [0.2, 0.25) is 0 Å². The van der Waals surface area contributed by atoms with Crippen LogP contribution in [0.25, 0.3) is 0 Å². The van der Waals surface area contributed by atoms with E-state index in [0.29, 0.717) is 0 Å². The molecule has 10 heavy (non-hydrogen) atoms. The van der Waals surface area contributed by atoms with E-state index in [1.807, 2.05) is 24.2 Å². The number of hydrogen-bond acceptors (Lipinski definition) is 2. The van der Waals surface area contributed by atoms with E-state index in [1.54, 1.807) is 0 Å². The van der Waals surface area contributed by atoms with Gasteiger partial charge < -0.3 is 0 Å². The minimum Gasteiger partial charge on any atom is -0.264 e. The first-order valence-electron chi connectivity index (χ1n) is 3.22. The maximum absolute atomic E-state index is 4.09. The van der Waals surface area contributed by atoms with Crippen LogP contribution in [0.3, 0.4) is 0 Å². The lowest BCUT2D eigenvalue weighted by Gasteiger charge is -1.97. The second-order valence-corrected chi connectivity index (χ2v) is 3.17. The maximum atomic E-state index is 4.09. The van der Waals surface area contributed by atoms with Gasteiger partial charge in [-0.2, -0.15) is 11.8 Å². The van der Waals surface area contributed by atoms with Crippen LogP contribution in [0.4, 0.5) is 0 Å². The van der Waals surface area contributed by atoms with Crippen molar-refractivity contribution in [2.45, 2.75) is 12.7 Å². The Kier molecular flexibility index (Phi) is 2.75. The summed E-state index contributed by atoms with van der Waals surface area (Å²) in [6.45, 7) is 2.07. The van der Waals surface area contributed by atoms with Gasteiger partial charge in [-0.3, -0.25) is 4.98 Å². The fraction of sp³-hybridized carbons (Fsp3) is 0.375. The highest BCUT2D eigenvalue weighted by Crippen LogP contribution is 2.08. The van der Waals surface area contributed by atoms with Crippen molar-refractivity contribution < 1.29 is 0 Å². The summed E-state index contributed by atoms with van der Waals surface area (Å²) in [5.41, 5.74) is 2.55. The van der Waals surface area contributed by atoms with Crippen molar-refractivity contribution in [3.8, 4) is 0 Å². The average molecular weight is 153 g/mol. The molecule has 0 spiro atoms. The molecule has 0 N–H and O–H groups in total. The Labute approximate surface area is 65.9 Å². The third-order valence-electron chi connectivity index (χ3n) is 1.24. The first kappa shape index (κ1) is 7.61. The zero-order valence-corrected chi connectivity index (χ0v) is 7.11. The second kappa shape index (κ2) is 3.62. The third kappa shape index (κ3) is 2.03. The second-order valence-electron chi connectivity index (χ2n) is 2.30. The zero-order valence-electron chi connectivity index (χ0n) is 6.29. The molecule has 1 rings (SSSR count). The minimum absolute atomic E-state index is 1.06. The zero-order chi connectivity index (χ0) is 7.40. The van der Waals surface area contributed by atoms with Crippen LogP contribution < -0.4 is 0 Å². The standard InChI is InChI=1S/C8H11NS/c1-7-3-8(6-10-2)5-9-4-7/h3-5H,6H2,1-2H3. The van der Waals surface area contributed by atoms with Gasteiger partial charge in [-0.25, -0.2) is 0 Å². The van der Waals surface area contributed by atoms with Crippen LogP contribution in [-0.4, -0.2) is 11.2 Å². The van der Waals surface area contributed by atoms with Crippen LogP contribution >= 0.6 is 11.8 Å². The van der Waals surface area contributed by atoms with Crippen molar-refractivity contribution in [3.05, 3.63) is 29.6 Å². The average Bonchev–Trinajstić information content (AvgIpc) is 1.88. The number of hydrogen-bond donors (Lipinski definition) is 0. The lowest BCUT2D eigenvalue weighted by Crippen LogP contribution is -1.83. The monoisotopic (exact) mass is 153 g/mol. The van der Waals surface area contributed by atoms with Gasteiger partial charge in [0.1, 0.15) is 0 Å². The summed E-state index contributed by atoms with van der Waals surface area (Å²) in [4.78, 5) is 4.09. The SMILES string of the molecule is CSCc1cncc(C)c1. The van der Waals surface area contributed by atoms with Gasteiger partial charge in [-0.15, -0.1) is 0 Å². The van der Waals surface area contributed by atoms with E-state index in [0.717, 1.165) is 5.75 Å². The quantitative estimate of drug-likeness (QED) is 0.646.